The van der Waals surface area contributed by atoms with E-state index in [1.54, 1.807) is 0 Å². The first-order valence-electron chi connectivity index (χ1n) is 7.05. The average molecular weight is 747 g/mol. The third kappa shape index (κ3) is 6.41. The molecule has 0 bridgehead atoms. The van der Waals surface area contributed by atoms with Crippen molar-refractivity contribution in [3.05, 3.63) is 81.4 Å². The summed E-state index contributed by atoms with van der Waals surface area (Å²) in [7, 11) is 2.04. The van der Waals surface area contributed by atoms with Crippen molar-refractivity contribution in [2.24, 2.45) is 7.05 Å². The van der Waals surface area contributed by atoms with Gasteiger partial charge in [0.25, 0.3) is 0 Å². The van der Waals surface area contributed by atoms with Gasteiger partial charge in [-0.15, -0.1) is 0 Å². The van der Waals surface area contributed by atoms with Crippen molar-refractivity contribution < 1.29 is 19.4 Å². The Bertz CT molecular complexity index is 814. The fourth-order valence-corrected chi connectivity index (χ4v) is 3.50. The second-order valence-electron chi connectivity index (χ2n) is 4.94. The third-order valence-corrected chi connectivity index (χ3v) is 5.43. The summed E-state index contributed by atoms with van der Waals surface area (Å²) in [6.45, 7) is 0.943. The first-order chi connectivity index (χ1) is 11.5. The predicted molar refractivity (Wildman–Crippen MR) is 113 cm³/mol. The number of nitrogens with zero attached hydrogens (tertiary/aromatic N) is 3. The number of aryl methyl sites for hydroxylation is 1. The van der Waals surface area contributed by atoms with E-state index >= 15 is 0 Å². The van der Waals surface area contributed by atoms with Crippen molar-refractivity contribution in [3.63, 3.8) is 0 Å². The number of rotatable bonds is 3. The third-order valence-electron chi connectivity index (χ3n) is 3.14. The van der Waals surface area contributed by atoms with Crippen LogP contribution in [-0.2, 0) is 32.9 Å². The molecule has 1 heterocycles. The molecular formula is C17H16ClI2N3Pt. The summed E-state index contributed by atoms with van der Waals surface area (Å²) >= 11 is 12.5. The Labute approximate surface area is 186 Å². The van der Waals surface area contributed by atoms with Crippen molar-refractivity contribution in [3.8, 4) is 5.69 Å². The summed E-state index contributed by atoms with van der Waals surface area (Å²) in [5, 5.41) is 0.794. The fourth-order valence-electron chi connectivity index (χ4n) is 1.95. The van der Waals surface area contributed by atoms with Crippen LogP contribution in [0.4, 0.5) is 0 Å². The van der Waals surface area contributed by atoms with Crippen LogP contribution in [0, 0.1) is 3.80 Å². The number of hydrogen-bond donors (Lipinski definition) is 0. The first-order valence-corrected chi connectivity index (χ1v) is 10.5. The van der Waals surface area contributed by atoms with Gasteiger partial charge in [-0.05, 0) is 17.7 Å². The van der Waals surface area contributed by atoms with E-state index in [9.17, 15) is 0 Å². The summed E-state index contributed by atoms with van der Waals surface area (Å²) in [5.41, 5.74) is 2.48. The molecule has 3 nitrogen and oxygen atoms in total. The summed E-state index contributed by atoms with van der Waals surface area (Å²) in [6.07, 6.45) is 4.12. The quantitative estimate of drug-likeness (QED) is 0.247. The van der Waals surface area contributed by atoms with Crippen LogP contribution in [-0.4, -0.2) is 10.5 Å². The second kappa shape index (κ2) is 10.3. The van der Waals surface area contributed by atoms with E-state index in [1.807, 2.05) is 49.5 Å². The standard InChI is InChI=1S/C10H10N2.C7H6ClI2N.Pt/c1-11-7-8-12(9-11)10-5-3-2-4-6-10;8-7-3-1-6(2-4-7)5-11(9)10;/h2-8H,1H3;1-4H,5H2;. The van der Waals surface area contributed by atoms with Crippen LogP contribution in [0.15, 0.2) is 67.0 Å². The Morgan fingerprint density at radius 2 is 1.62 bits per heavy atom. The zero-order valence-electron chi connectivity index (χ0n) is 12.8. The molecule has 0 N–H and O–H groups in total. The number of halogens is 3. The van der Waals surface area contributed by atoms with Crippen LogP contribution in [0.5, 0.6) is 0 Å². The van der Waals surface area contributed by atoms with Gasteiger partial charge < -0.3 is 0 Å². The van der Waals surface area contributed by atoms with Crippen molar-refractivity contribution in [1.82, 2.24) is 10.5 Å². The molecule has 0 fully saturated rings. The molecule has 0 spiro atoms. The van der Waals surface area contributed by atoms with Gasteiger partial charge in [-0.25, -0.2) is 0 Å². The SMILES string of the molecule is Clc1ccc(CN(I)I)cc1.Cn1ccn(-c2ccccc2)[c]1=[Pt]. The van der Waals surface area contributed by atoms with Crippen LogP contribution >= 0.6 is 57.3 Å². The molecule has 0 aliphatic carbocycles. The monoisotopic (exact) mass is 746 g/mol. The van der Waals surface area contributed by atoms with E-state index in [2.05, 4.69) is 100 Å². The average Bonchev–Trinajstić information content (AvgIpc) is 2.90. The fraction of sp³-hybridized carbons (Fsp3) is 0.118. The Hall–Kier alpha value is 0.0483. The number of hydrogen-bond acceptors (Lipinski definition) is 1. The summed E-state index contributed by atoms with van der Waals surface area (Å²) in [4.78, 5) is 0. The van der Waals surface area contributed by atoms with Crippen LogP contribution in [0.3, 0.4) is 0 Å². The predicted octanol–water partition coefficient (Wildman–Crippen LogP) is 5.74. The number of para-hydroxylation sites is 1. The molecule has 3 aromatic rings. The summed E-state index contributed by atoms with van der Waals surface area (Å²) in [5.74, 6) is 0. The van der Waals surface area contributed by atoms with E-state index in [-0.39, 0.29) is 0 Å². The van der Waals surface area contributed by atoms with Crippen molar-refractivity contribution in [2.45, 2.75) is 6.54 Å². The molecule has 24 heavy (non-hydrogen) atoms. The van der Waals surface area contributed by atoms with Gasteiger partial charge in [0.1, 0.15) is 0 Å². The molecular weight excluding hydrogens is 731 g/mol. The zero-order chi connectivity index (χ0) is 17.5. The van der Waals surface area contributed by atoms with E-state index in [0.717, 1.165) is 11.6 Å². The Morgan fingerprint density at radius 3 is 2.12 bits per heavy atom. The summed E-state index contributed by atoms with van der Waals surface area (Å²) < 4.78 is 7.51. The molecule has 0 aliphatic heterocycles. The minimum absolute atomic E-state index is 0.794. The molecule has 130 valence electrons. The van der Waals surface area contributed by atoms with Gasteiger partial charge in [0.05, 0.1) is 0 Å². The number of imidazole rings is 1. The molecule has 7 heteroatoms. The Morgan fingerprint density at radius 1 is 1.00 bits per heavy atom. The topological polar surface area (TPSA) is 13.1 Å². The minimum atomic E-state index is 0.794. The van der Waals surface area contributed by atoms with E-state index < -0.39 is 0 Å². The second-order valence-corrected chi connectivity index (χ2v) is 10.6. The van der Waals surface area contributed by atoms with Gasteiger partial charge in [-0.2, -0.15) is 1.33 Å². The van der Waals surface area contributed by atoms with E-state index in [1.165, 1.54) is 15.1 Å². The first kappa shape index (κ1) is 20.4. The van der Waals surface area contributed by atoms with Crippen molar-refractivity contribution >= 4 is 57.3 Å². The molecule has 0 amide bonds. The van der Waals surface area contributed by atoms with Gasteiger partial charge in [-0.3, -0.25) is 0 Å². The zero-order valence-corrected chi connectivity index (χ0v) is 20.2. The van der Waals surface area contributed by atoms with Crippen LogP contribution in [0.1, 0.15) is 5.56 Å². The molecule has 2 aromatic carbocycles. The Balaban J connectivity index is 0.000000177. The van der Waals surface area contributed by atoms with Crippen molar-refractivity contribution in [2.75, 3.05) is 0 Å². The normalized spacial score (nSPS) is 10.5. The van der Waals surface area contributed by atoms with Gasteiger partial charge in [0.15, 0.2) is 0 Å². The number of aromatic nitrogens is 2. The molecule has 1 aromatic heterocycles. The van der Waals surface area contributed by atoms with Crippen LogP contribution in [0.25, 0.3) is 5.69 Å². The van der Waals surface area contributed by atoms with Gasteiger partial charge in [0, 0.05) is 57.3 Å². The van der Waals surface area contributed by atoms with Gasteiger partial charge in [0.2, 0.25) is 0 Å². The molecule has 0 radical (unpaired) electrons. The summed E-state index contributed by atoms with van der Waals surface area (Å²) in [6, 6.07) is 18.2. The maximum absolute atomic E-state index is 5.73. The van der Waals surface area contributed by atoms with Gasteiger partial charge in [-0.1, -0.05) is 23.7 Å². The van der Waals surface area contributed by atoms with E-state index in [4.69, 9.17) is 11.6 Å². The van der Waals surface area contributed by atoms with Crippen LogP contribution < -0.4 is 0 Å². The molecule has 0 atom stereocenters. The number of benzene rings is 2. The molecule has 0 aliphatic rings. The Kier molecular flexibility index (Phi) is 8.70. The molecule has 0 saturated carbocycles. The van der Waals surface area contributed by atoms with Crippen molar-refractivity contribution in [1.29, 1.82) is 0 Å². The van der Waals surface area contributed by atoms with Gasteiger partial charge >= 0.3 is 87.8 Å². The molecule has 0 unspecified atom stereocenters. The molecule has 0 saturated heterocycles. The van der Waals surface area contributed by atoms with E-state index in [0.29, 0.717) is 0 Å². The molecule has 3 rings (SSSR count). The van der Waals surface area contributed by atoms with Crippen LogP contribution in [0.2, 0.25) is 5.02 Å². The maximum atomic E-state index is 5.73.